The molecule has 1 aliphatic heterocycles. The van der Waals surface area contributed by atoms with Crippen molar-refractivity contribution in [1.29, 1.82) is 0 Å². The number of rotatable bonds is 14. The molecule has 0 unspecified atom stereocenters. The molecule has 0 saturated carbocycles. The van der Waals surface area contributed by atoms with Crippen molar-refractivity contribution >= 4 is 15.9 Å². The number of nitrogens with zero attached hydrogens (tertiary/aromatic N) is 2. The highest BCUT2D eigenvalue weighted by Gasteiger charge is 2.32. The van der Waals surface area contributed by atoms with Crippen LogP contribution in [0.1, 0.15) is 71.8 Å². The largest absolute Gasteiger partial charge is 0.490 e. The van der Waals surface area contributed by atoms with Gasteiger partial charge in [0.1, 0.15) is 0 Å². The van der Waals surface area contributed by atoms with E-state index in [2.05, 4.69) is 13.8 Å². The Balaban J connectivity index is 2.05. The molecular weight excluding hydrogens is 440 g/mol. The third-order valence-corrected chi connectivity index (χ3v) is 7.86. The molecule has 0 radical (unpaired) electrons. The molecule has 1 heterocycles. The molecule has 8 heteroatoms. The summed E-state index contributed by atoms with van der Waals surface area (Å²) in [5.41, 5.74) is 1.00. The first-order valence-corrected chi connectivity index (χ1v) is 14.1. The molecule has 2 rings (SSSR count). The fourth-order valence-corrected chi connectivity index (χ4v) is 5.78. The minimum absolute atomic E-state index is 0.117. The molecule has 1 saturated heterocycles. The molecule has 0 spiro atoms. The first kappa shape index (κ1) is 27.4. The average Bonchev–Trinajstić information content (AvgIpc) is 2.82. The standard InChI is InChI=1S/C25H42N2O5S/c1-5-9-18-33(29,30)27-15-12-22(13-16-27)25(28)26(14-6-2)20-21-10-11-23(32-17-7-3)24(19-21)31-8-4/h10-11,19,22H,5-9,12-18,20H2,1-4H3. The number of sulfonamides is 1. The van der Waals surface area contributed by atoms with E-state index in [1.165, 1.54) is 0 Å². The van der Waals surface area contributed by atoms with Gasteiger partial charge in [-0.3, -0.25) is 4.79 Å². The van der Waals surface area contributed by atoms with E-state index in [4.69, 9.17) is 9.47 Å². The summed E-state index contributed by atoms with van der Waals surface area (Å²) in [4.78, 5) is 15.2. The Morgan fingerprint density at radius 2 is 1.76 bits per heavy atom. The van der Waals surface area contributed by atoms with Crippen molar-refractivity contribution in [3.8, 4) is 11.5 Å². The van der Waals surface area contributed by atoms with E-state index in [0.29, 0.717) is 64.4 Å². The number of benzene rings is 1. The van der Waals surface area contributed by atoms with Gasteiger partial charge in [-0.15, -0.1) is 0 Å². The second-order valence-corrected chi connectivity index (χ2v) is 10.8. The molecule has 0 atom stereocenters. The number of amides is 1. The Morgan fingerprint density at radius 3 is 2.36 bits per heavy atom. The van der Waals surface area contributed by atoms with E-state index in [1.54, 1.807) is 4.31 Å². The number of hydrogen-bond acceptors (Lipinski definition) is 5. The van der Waals surface area contributed by atoms with Gasteiger partial charge in [-0.25, -0.2) is 12.7 Å². The molecule has 1 fully saturated rings. The van der Waals surface area contributed by atoms with Crippen LogP contribution in [0.2, 0.25) is 0 Å². The van der Waals surface area contributed by atoms with Gasteiger partial charge in [-0.1, -0.05) is 33.3 Å². The fraction of sp³-hybridized carbons (Fsp3) is 0.720. The van der Waals surface area contributed by atoms with Crippen LogP contribution in [-0.4, -0.2) is 62.1 Å². The van der Waals surface area contributed by atoms with Gasteiger partial charge < -0.3 is 14.4 Å². The maximum absolute atomic E-state index is 13.3. The van der Waals surface area contributed by atoms with Crippen molar-refractivity contribution in [1.82, 2.24) is 9.21 Å². The van der Waals surface area contributed by atoms with Gasteiger partial charge in [0.25, 0.3) is 0 Å². The summed E-state index contributed by atoms with van der Waals surface area (Å²) in [7, 11) is -3.21. The summed E-state index contributed by atoms with van der Waals surface area (Å²) >= 11 is 0. The van der Waals surface area contributed by atoms with Crippen LogP contribution in [0.5, 0.6) is 11.5 Å². The lowest BCUT2D eigenvalue weighted by atomic mass is 9.96. The monoisotopic (exact) mass is 482 g/mol. The summed E-state index contributed by atoms with van der Waals surface area (Å²) in [6.45, 7) is 11.3. The van der Waals surface area contributed by atoms with E-state index in [0.717, 1.165) is 30.6 Å². The summed E-state index contributed by atoms with van der Waals surface area (Å²) in [5, 5.41) is 0. The lowest BCUT2D eigenvalue weighted by Gasteiger charge is -2.34. The van der Waals surface area contributed by atoms with Gasteiger partial charge in [0.15, 0.2) is 11.5 Å². The fourth-order valence-electron chi connectivity index (χ4n) is 4.10. The van der Waals surface area contributed by atoms with Crippen molar-refractivity contribution in [2.24, 2.45) is 5.92 Å². The van der Waals surface area contributed by atoms with Crippen molar-refractivity contribution < 1.29 is 22.7 Å². The number of hydrogen-bond donors (Lipinski definition) is 0. The molecule has 1 aliphatic rings. The molecular formula is C25H42N2O5S. The second-order valence-electron chi connectivity index (χ2n) is 8.67. The Kier molecular flexibility index (Phi) is 11.5. The van der Waals surface area contributed by atoms with Crippen LogP contribution >= 0.6 is 0 Å². The molecule has 188 valence electrons. The number of carbonyl (C=O) groups excluding carboxylic acids is 1. The van der Waals surface area contributed by atoms with Crippen LogP contribution < -0.4 is 9.47 Å². The van der Waals surface area contributed by atoms with Gasteiger partial charge in [-0.05, 0) is 56.7 Å². The second kappa shape index (κ2) is 13.8. The Labute approximate surface area is 200 Å². The van der Waals surface area contributed by atoms with E-state index >= 15 is 0 Å². The van der Waals surface area contributed by atoms with E-state index in [1.807, 2.05) is 36.9 Å². The molecule has 1 aromatic carbocycles. The average molecular weight is 483 g/mol. The van der Waals surface area contributed by atoms with Gasteiger partial charge in [0.05, 0.1) is 19.0 Å². The molecule has 0 N–H and O–H groups in total. The van der Waals surface area contributed by atoms with Gasteiger partial charge in [0.2, 0.25) is 15.9 Å². The normalized spacial score (nSPS) is 15.4. The topological polar surface area (TPSA) is 76.2 Å². The van der Waals surface area contributed by atoms with E-state index in [-0.39, 0.29) is 17.6 Å². The Bertz CT molecular complexity index is 835. The Morgan fingerprint density at radius 1 is 1.03 bits per heavy atom. The predicted octanol–water partition coefficient (Wildman–Crippen LogP) is 4.45. The highest BCUT2D eigenvalue weighted by molar-refractivity contribution is 7.89. The molecule has 0 bridgehead atoms. The lowest BCUT2D eigenvalue weighted by Crippen LogP contribution is -2.45. The zero-order chi connectivity index (χ0) is 24.3. The third-order valence-electron chi connectivity index (χ3n) is 5.90. The SMILES string of the molecule is CCCCS(=O)(=O)N1CCC(C(=O)N(CCC)Cc2ccc(OCCC)c(OCC)c2)CC1. The van der Waals surface area contributed by atoms with Crippen molar-refractivity contribution in [3.63, 3.8) is 0 Å². The van der Waals surface area contributed by atoms with Crippen LogP contribution in [-0.2, 0) is 21.4 Å². The third kappa shape index (κ3) is 8.18. The van der Waals surface area contributed by atoms with Crippen LogP contribution in [0.15, 0.2) is 18.2 Å². The van der Waals surface area contributed by atoms with Crippen LogP contribution in [0, 0.1) is 5.92 Å². The predicted molar refractivity (Wildman–Crippen MR) is 132 cm³/mol. The summed E-state index contributed by atoms with van der Waals surface area (Å²) < 4.78 is 38.1. The number of carbonyl (C=O) groups is 1. The van der Waals surface area contributed by atoms with Crippen molar-refractivity contribution in [2.75, 3.05) is 38.6 Å². The minimum Gasteiger partial charge on any atom is -0.490 e. The van der Waals surface area contributed by atoms with Crippen LogP contribution in [0.3, 0.4) is 0 Å². The minimum atomic E-state index is -3.21. The maximum Gasteiger partial charge on any atom is 0.226 e. The number of piperidine rings is 1. The van der Waals surface area contributed by atoms with Gasteiger partial charge in [0, 0.05) is 32.1 Å². The highest BCUT2D eigenvalue weighted by Crippen LogP contribution is 2.30. The molecule has 0 aromatic heterocycles. The molecule has 33 heavy (non-hydrogen) atoms. The summed E-state index contributed by atoms with van der Waals surface area (Å²) in [6.07, 6.45) is 4.49. The summed E-state index contributed by atoms with van der Waals surface area (Å²) in [5.74, 6) is 1.62. The zero-order valence-corrected chi connectivity index (χ0v) is 21.7. The van der Waals surface area contributed by atoms with E-state index < -0.39 is 10.0 Å². The summed E-state index contributed by atoms with van der Waals surface area (Å²) in [6, 6.07) is 5.88. The molecule has 1 aromatic rings. The van der Waals surface area contributed by atoms with Crippen LogP contribution in [0.25, 0.3) is 0 Å². The lowest BCUT2D eigenvalue weighted by molar-refractivity contribution is -0.137. The molecule has 1 amide bonds. The van der Waals surface area contributed by atoms with Crippen molar-refractivity contribution in [2.45, 2.75) is 72.8 Å². The zero-order valence-electron chi connectivity index (χ0n) is 20.8. The van der Waals surface area contributed by atoms with Crippen LogP contribution in [0.4, 0.5) is 0 Å². The quantitative estimate of drug-likeness (QED) is 0.391. The molecule has 0 aliphatic carbocycles. The van der Waals surface area contributed by atoms with Gasteiger partial charge >= 0.3 is 0 Å². The maximum atomic E-state index is 13.3. The highest BCUT2D eigenvalue weighted by atomic mass is 32.2. The molecule has 7 nitrogen and oxygen atoms in total. The Hall–Kier alpha value is -1.80. The number of ether oxygens (including phenoxy) is 2. The van der Waals surface area contributed by atoms with Crippen molar-refractivity contribution in [3.05, 3.63) is 23.8 Å². The van der Waals surface area contributed by atoms with Gasteiger partial charge in [-0.2, -0.15) is 0 Å². The van der Waals surface area contributed by atoms with E-state index in [9.17, 15) is 13.2 Å². The smallest absolute Gasteiger partial charge is 0.226 e. The first-order valence-electron chi connectivity index (χ1n) is 12.5. The number of unbranched alkanes of at least 4 members (excludes halogenated alkanes) is 1. The first-order chi connectivity index (χ1) is 15.9.